The first-order chi connectivity index (χ1) is 15.9. The number of aliphatic hydroxyl groups excluding tert-OH is 2. The minimum atomic E-state index is -4.16. The molecule has 10 heteroatoms. The summed E-state index contributed by atoms with van der Waals surface area (Å²) >= 11 is 0. The Morgan fingerprint density at radius 2 is 1.82 bits per heavy atom. The number of esters is 1. The molecule has 1 saturated heterocycles. The van der Waals surface area contributed by atoms with Gasteiger partial charge in [-0.25, -0.2) is 4.57 Å². The Balaban J connectivity index is 1.80. The van der Waals surface area contributed by atoms with Crippen LogP contribution in [0.2, 0.25) is 0 Å². The lowest BCUT2D eigenvalue weighted by molar-refractivity contribution is -0.148. The Kier molecular flexibility index (Phi) is 8.39. The van der Waals surface area contributed by atoms with E-state index in [1.807, 2.05) is 51.1 Å². The van der Waals surface area contributed by atoms with E-state index in [9.17, 15) is 19.6 Å². The summed E-state index contributed by atoms with van der Waals surface area (Å²) in [5.41, 5.74) is -0.234. The van der Waals surface area contributed by atoms with Crippen molar-refractivity contribution in [1.82, 2.24) is 5.09 Å². The van der Waals surface area contributed by atoms with Crippen LogP contribution in [0.4, 0.5) is 0 Å². The molecule has 0 aromatic heterocycles. The first-order valence-corrected chi connectivity index (χ1v) is 12.8. The number of benzene rings is 2. The van der Waals surface area contributed by atoms with Crippen LogP contribution in [0.15, 0.2) is 42.5 Å². The van der Waals surface area contributed by atoms with Crippen molar-refractivity contribution in [3.63, 3.8) is 0 Å². The van der Waals surface area contributed by atoms with Crippen LogP contribution >= 0.6 is 7.75 Å². The molecule has 3 rings (SSSR count). The zero-order valence-electron chi connectivity index (χ0n) is 20.1. The van der Waals surface area contributed by atoms with Crippen LogP contribution in [-0.4, -0.2) is 59.9 Å². The summed E-state index contributed by atoms with van der Waals surface area (Å²) in [5.74, 6) is -0.313. The van der Waals surface area contributed by atoms with E-state index in [1.54, 1.807) is 19.1 Å². The predicted octanol–water partition coefficient (Wildman–Crippen LogP) is 3.42. The number of nitrogens with one attached hydrogen (secondary N) is 1. The van der Waals surface area contributed by atoms with Gasteiger partial charge in [0.1, 0.15) is 30.1 Å². The third-order valence-corrected chi connectivity index (χ3v) is 6.96. The number of carbonyl (C=O) groups is 1. The fourth-order valence-corrected chi connectivity index (χ4v) is 4.96. The predicted molar refractivity (Wildman–Crippen MR) is 127 cm³/mol. The number of aliphatic hydroxyl groups is 2. The van der Waals surface area contributed by atoms with E-state index in [4.69, 9.17) is 18.5 Å². The molecule has 0 saturated carbocycles. The van der Waals surface area contributed by atoms with Crippen LogP contribution in [0.3, 0.4) is 0 Å². The molecule has 1 aliphatic heterocycles. The summed E-state index contributed by atoms with van der Waals surface area (Å²) in [6.07, 6.45) is -3.83. The highest BCUT2D eigenvalue weighted by Gasteiger charge is 2.42. The van der Waals surface area contributed by atoms with Gasteiger partial charge in [-0.3, -0.25) is 9.32 Å². The summed E-state index contributed by atoms with van der Waals surface area (Å²) in [4.78, 5) is 12.5. The minimum Gasteiger partial charge on any atom is -0.464 e. The Morgan fingerprint density at radius 3 is 2.47 bits per heavy atom. The molecular weight excluding hydrogens is 461 g/mol. The summed E-state index contributed by atoms with van der Waals surface area (Å²) in [6.45, 7) is 8.76. The van der Waals surface area contributed by atoms with E-state index in [2.05, 4.69) is 5.09 Å². The van der Waals surface area contributed by atoms with Crippen LogP contribution < -0.4 is 9.61 Å². The quantitative estimate of drug-likeness (QED) is 0.355. The zero-order valence-corrected chi connectivity index (χ0v) is 21.0. The van der Waals surface area contributed by atoms with Gasteiger partial charge in [0.05, 0.1) is 19.3 Å². The number of carbonyl (C=O) groups excluding carboxylic acids is 1. The lowest BCUT2D eigenvalue weighted by Crippen LogP contribution is -2.38. The third kappa shape index (κ3) is 6.78. The molecule has 0 aliphatic carbocycles. The largest absolute Gasteiger partial charge is 0.464 e. The van der Waals surface area contributed by atoms with E-state index < -0.39 is 44.2 Å². The van der Waals surface area contributed by atoms with Gasteiger partial charge in [0.25, 0.3) is 0 Å². The van der Waals surface area contributed by atoms with Gasteiger partial charge in [-0.15, -0.1) is 0 Å². The van der Waals surface area contributed by atoms with Crippen LogP contribution in [0.5, 0.6) is 5.75 Å². The normalized spacial score (nSPS) is 25.6. The fourth-order valence-electron chi connectivity index (χ4n) is 3.44. The molecule has 1 heterocycles. The maximum Gasteiger partial charge on any atom is 0.459 e. The lowest BCUT2D eigenvalue weighted by atomic mass is 9.99. The van der Waals surface area contributed by atoms with Gasteiger partial charge in [0.15, 0.2) is 0 Å². The molecular formula is C24H34NO8P. The molecule has 34 heavy (non-hydrogen) atoms. The van der Waals surface area contributed by atoms with Crippen molar-refractivity contribution in [2.45, 2.75) is 65.1 Å². The minimum absolute atomic E-state index is 0.186. The highest BCUT2D eigenvalue weighted by Crippen LogP contribution is 2.47. The Bertz CT molecular complexity index is 1030. The molecule has 2 aromatic carbocycles. The molecule has 0 bridgehead atoms. The van der Waals surface area contributed by atoms with Crippen LogP contribution in [0.1, 0.15) is 34.6 Å². The van der Waals surface area contributed by atoms with Gasteiger partial charge >= 0.3 is 13.7 Å². The smallest absolute Gasteiger partial charge is 0.459 e. The number of hydrogen-bond donors (Lipinski definition) is 3. The topological polar surface area (TPSA) is 124 Å². The molecule has 0 spiro atoms. The van der Waals surface area contributed by atoms with Gasteiger partial charge < -0.3 is 24.2 Å². The highest BCUT2D eigenvalue weighted by atomic mass is 31.2. The second-order valence-corrected chi connectivity index (χ2v) is 11.4. The fraction of sp³-hybridized carbons (Fsp3) is 0.542. The molecule has 1 aliphatic rings. The Hall–Kier alpha value is -2.00. The SMILES string of the molecule is C[C@H](NP(=O)(OC[C@H]1O[C@@H](C)[C@@H](O)C1O)Oc1cccc2ccccc12)C(=O)OCC(C)(C)C. The molecule has 2 unspecified atom stereocenters. The standard InChI is InChI=1S/C24H34NO8P/c1-15(23(28)30-14-24(3,4)5)25-34(29,31-13-20-22(27)21(26)16(2)32-20)33-19-12-8-10-17-9-6-7-11-18(17)19/h6-12,15-16,20-22,26-27H,13-14H2,1-5H3,(H,25,29)/t15-,16-,20+,21+,22?,34?/m0/s1. The number of hydrogen-bond acceptors (Lipinski definition) is 8. The Morgan fingerprint density at radius 1 is 1.15 bits per heavy atom. The van der Waals surface area contributed by atoms with E-state index >= 15 is 0 Å². The average Bonchev–Trinajstić information content (AvgIpc) is 3.02. The van der Waals surface area contributed by atoms with Crippen molar-refractivity contribution in [3.8, 4) is 5.75 Å². The summed E-state index contributed by atoms with van der Waals surface area (Å²) in [5, 5.41) is 24.4. The number of ether oxygens (including phenoxy) is 2. The first kappa shape index (κ1) is 26.6. The maximum absolute atomic E-state index is 13.8. The second-order valence-electron chi connectivity index (χ2n) is 9.74. The van der Waals surface area contributed by atoms with Crippen LogP contribution in [0.25, 0.3) is 10.8 Å². The van der Waals surface area contributed by atoms with Crippen molar-refractivity contribution >= 4 is 24.5 Å². The van der Waals surface area contributed by atoms with E-state index in [0.717, 1.165) is 5.39 Å². The highest BCUT2D eigenvalue weighted by molar-refractivity contribution is 7.52. The van der Waals surface area contributed by atoms with Crippen molar-refractivity contribution in [2.24, 2.45) is 5.41 Å². The first-order valence-electron chi connectivity index (χ1n) is 11.3. The lowest BCUT2D eigenvalue weighted by Gasteiger charge is -2.26. The molecule has 188 valence electrons. The monoisotopic (exact) mass is 495 g/mol. The van der Waals surface area contributed by atoms with Gasteiger partial charge in [-0.1, -0.05) is 57.2 Å². The summed E-state index contributed by atoms with van der Waals surface area (Å²) in [6, 6.07) is 11.7. The zero-order chi connectivity index (χ0) is 25.1. The van der Waals surface area contributed by atoms with Crippen LogP contribution in [0, 0.1) is 5.41 Å². The van der Waals surface area contributed by atoms with Gasteiger partial charge in [-0.05, 0) is 30.7 Å². The molecule has 0 radical (unpaired) electrons. The average molecular weight is 496 g/mol. The van der Waals surface area contributed by atoms with Gasteiger partial charge in [0, 0.05) is 5.39 Å². The number of fused-ring (bicyclic) bond motifs is 1. The van der Waals surface area contributed by atoms with Crippen molar-refractivity contribution < 1.29 is 38.1 Å². The summed E-state index contributed by atoms with van der Waals surface area (Å²) in [7, 11) is -4.16. The molecule has 9 nitrogen and oxygen atoms in total. The van der Waals surface area contributed by atoms with Gasteiger partial charge in [-0.2, -0.15) is 5.09 Å². The third-order valence-electron chi connectivity index (χ3n) is 5.33. The number of rotatable bonds is 9. The molecule has 6 atom stereocenters. The van der Waals surface area contributed by atoms with Crippen molar-refractivity contribution in [2.75, 3.05) is 13.2 Å². The van der Waals surface area contributed by atoms with Crippen molar-refractivity contribution in [3.05, 3.63) is 42.5 Å². The van der Waals surface area contributed by atoms with E-state index in [-0.39, 0.29) is 18.6 Å². The molecule has 3 N–H and O–H groups in total. The Labute approximate surface area is 199 Å². The van der Waals surface area contributed by atoms with Crippen LogP contribution in [-0.2, 0) is 23.4 Å². The van der Waals surface area contributed by atoms with Crippen molar-refractivity contribution in [1.29, 1.82) is 0 Å². The summed E-state index contributed by atoms with van der Waals surface area (Å²) < 4.78 is 36.1. The molecule has 2 aromatic rings. The maximum atomic E-state index is 13.8. The second kappa shape index (κ2) is 10.7. The molecule has 0 amide bonds. The molecule has 1 fully saturated rings. The van der Waals surface area contributed by atoms with Gasteiger partial charge in [0.2, 0.25) is 0 Å². The van der Waals surface area contributed by atoms with E-state index in [0.29, 0.717) is 11.1 Å². The van der Waals surface area contributed by atoms with E-state index in [1.165, 1.54) is 6.92 Å².